The molecule has 1 saturated carbocycles. The van der Waals surface area contributed by atoms with Crippen LogP contribution in [0, 0.1) is 5.92 Å². The number of hydrogen-bond donors (Lipinski definition) is 0. The van der Waals surface area contributed by atoms with E-state index in [2.05, 4.69) is 31.7 Å². The van der Waals surface area contributed by atoms with Gasteiger partial charge >= 0.3 is 0 Å². The van der Waals surface area contributed by atoms with E-state index in [1.54, 1.807) is 19.4 Å². The molecule has 7 heteroatoms. The number of ether oxygens (including phenoxy) is 1. The molecule has 0 bridgehead atoms. The average Bonchev–Trinajstić information content (AvgIpc) is 3.50. The van der Waals surface area contributed by atoms with Gasteiger partial charge in [0, 0.05) is 56.9 Å². The zero-order valence-corrected chi connectivity index (χ0v) is 15.9. The van der Waals surface area contributed by atoms with E-state index in [0.717, 1.165) is 57.4 Å². The van der Waals surface area contributed by atoms with Gasteiger partial charge in [0.05, 0.1) is 7.11 Å². The van der Waals surface area contributed by atoms with Crippen molar-refractivity contribution in [3.05, 3.63) is 12.3 Å². The molecule has 142 valence electrons. The van der Waals surface area contributed by atoms with Crippen LogP contribution >= 0.6 is 0 Å². The Morgan fingerprint density at radius 1 is 1.27 bits per heavy atom. The lowest BCUT2D eigenvalue weighted by atomic mass is 9.86. The number of carbonyl (C=O) groups is 1. The second-order valence-corrected chi connectivity index (χ2v) is 8.00. The number of nitrogens with zero attached hydrogens (tertiary/aromatic N) is 5. The molecule has 7 nitrogen and oxygen atoms in total. The largest absolute Gasteiger partial charge is 0.481 e. The van der Waals surface area contributed by atoms with Gasteiger partial charge in [-0.15, -0.1) is 0 Å². The number of hydrogen-bond acceptors (Lipinski definition) is 6. The third-order valence-corrected chi connectivity index (χ3v) is 6.29. The molecule has 0 N–H and O–H groups in total. The third-order valence-electron chi connectivity index (χ3n) is 6.29. The van der Waals surface area contributed by atoms with Crippen molar-refractivity contribution in [1.82, 2.24) is 19.8 Å². The minimum Gasteiger partial charge on any atom is -0.481 e. The van der Waals surface area contributed by atoms with Gasteiger partial charge in [-0.3, -0.25) is 9.69 Å². The fourth-order valence-corrected chi connectivity index (χ4v) is 4.27. The summed E-state index contributed by atoms with van der Waals surface area (Å²) in [6.45, 7) is 4.54. The lowest BCUT2D eigenvalue weighted by Gasteiger charge is -2.49. The molecule has 3 aliphatic rings. The van der Waals surface area contributed by atoms with E-state index < -0.39 is 0 Å². The summed E-state index contributed by atoms with van der Waals surface area (Å²) < 4.78 is 5.26. The summed E-state index contributed by atoms with van der Waals surface area (Å²) in [5.41, 5.74) is 0.0125. The Balaban J connectivity index is 1.50. The molecule has 0 radical (unpaired) electrons. The maximum absolute atomic E-state index is 12.6. The highest BCUT2D eigenvalue weighted by molar-refractivity contribution is 5.76. The molecule has 1 amide bonds. The minimum atomic E-state index is 0.0125. The summed E-state index contributed by atoms with van der Waals surface area (Å²) in [7, 11) is 3.83. The van der Waals surface area contributed by atoms with Crippen LogP contribution < -0.4 is 9.64 Å². The smallest absolute Gasteiger partial charge is 0.228 e. The van der Waals surface area contributed by atoms with Gasteiger partial charge in [0.2, 0.25) is 17.7 Å². The SMILES string of the molecule is COc1ccnc(N2CCN(C)[C@]3(CCC(=O)N(CC4CC4)CC3)C2)n1. The molecule has 1 aliphatic carbocycles. The normalized spacial score (nSPS) is 27.7. The maximum atomic E-state index is 12.6. The number of likely N-dealkylation sites (N-methyl/N-ethyl adjacent to an activating group) is 1. The Morgan fingerprint density at radius 3 is 2.88 bits per heavy atom. The molecule has 4 rings (SSSR count). The number of carbonyl (C=O) groups excluding carboxylic acids is 1. The second kappa shape index (κ2) is 7.02. The van der Waals surface area contributed by atoms with Crippen molar-refractivity contribution in [3.63, 3.8) is 0 Å². The van der Waals surface area contributed by atoms with Crippen LogP contribution in [0.1, 0.15) is 32.1 Å². The highest BCUT2D eigenvalue weighted by Crippen LogP contribution is 2.35. The summed E-state index contributed by atoms with van der Waals surface area (Å²) in [6, 6.07) is 1.77. The topological polar surface area (TPSA) is 61.8 Å². The first-order chi connectivity index (χ1) is 12.6. The Bertz CT molecular complexity index is 665. The zero-order chi connectivity index (χ0) is 18.1. The van der Waals surface area contributed by atoms with Crippen molar-refractivity contribution < 1.29 is 9.53 Å². The van der Waals surface area contributed by atoms with Gasteiger partial charge in [-0.05, 0) is 38.6 Å². The summed E-state index contributed by atoms with van der Waals surface area (Å²) in [5.74, 6) is 2.40. The number of methoxy groups -OCH3 is 1. The van der Waals surface area contributed by atoms with Crippen LogP contribution in [0.2, 0.25) is 0 Å². The Hall–Kier alpha value is -1.89. The summed E-state index contributed by atoms with van der Waals surface area (Å²) in [6.07, 6.45) is 6.89. The number of aromatic nitrogens is 2. The summed E-state index contributed by atoms with van der Waals surface area (Å²) in [4.78, 5) is 28.4. The monoisotopic (exact) mass is 359 g/mol. The van der Waals surface area contributed by atoms with Crippen molar-refractivity contribution in [2.24, 2.45) is 5.92 Å². The van der Waals surface area contributed by atoms with E-state index in [1.165, 1.54) is 12.8 Å². The molecule has 0 unspecified atom stereocenters. The first-order valence-corrected chi connectivity index (χ1v) is 9.71. The van der Waals surface area contributed by atoms with Gasteiger partial charge in [-0.1, -0.05) is 0 Å². The van der Waals surface area contributed by atoms with Crippen LogP contribution in [0.15, 0.2) is 12.3 Å². The van der Waals surface area contributed by atoms with Crippen molar-refractivity contribution in [3.8, 4) is 5.88 Å². The summed E-state index contributed by atoms with van der Waals surface area (Å²) >= 11 is 0. The van der Waals surface area contributed by atoms with Gasteiger partial charge < -0.3 is 14.5 Å². The average molecular weight is 359 g/mol. The predicted molar refractivity (Wildman–Crippen MR) is 99.3 cm³/mol. The van der Waals surface area contributed by atoms with Crippen molar-refractivity contribution in [2.45, 2.75) is 37.6 Å². The molecule has 1 atom stereocenters. The lowest BCUT2D eigenvalue weighted by Crippen LogP contribution is -2.61. The highest BCUT2D eigenvalue weighted by Gasteiger charge is 2.43. The Labute approximate surface area is 155 Å². The number of amides is 1. The predicted octanol–water partition coefficient (Wildman–Crippen LogP) is 1.40. The number of likely N-dealkylation sites (tertiary alicyclic amines) is 1. The van der Waals surface area contributed by atoms with Crippen LogP contribution in [0.3, 0.4) is 0 Å². The van der Waals surface area contributed by atoms with Crippen molar-refractivity contribution >= 4 is 11.9 Å². The fourth-order valence-electron chi connectivity index (χ4n) is 4.27. The molecule has 3 heterocycles. The quantitative estimate of drug-likeness (QED) is 0.810. The van der Waals surface area contributed by atoms with E-state index in [9.17, 15) is 4.79 Å². The molecular weight excluding hydrogens is 330 g/mol. The minimum absolute atomic E-state index is 0.0125. The highest BCUT2D eigenvalue weighted by atomic mass is 16.5. The lowest BCUT2D eigenvalue weighted by molar-refractivity contribution is -0.130. The van der Waals surface area contributed by atoms with Crippen molar-refractivity contribution in [1.29, 1.82) is 0 Å². The van der Waals surface area contributed by atoms with E-state index in [1.807, 2.05) is 0 Å². The fraction of sp³-hybridized carbons (Fsp3) is 0.737. The van der Waals surface area contributed by atoms with E-state index >= 15 is 0 Å². The Kier molecular flexibility index (Phi) is 4.73. The van der Waals surface area contributed by atoms with Gasteiger partial charge in [-0.25, -0.2) is 4.98 Å². The summed E-state index contributed by atoms with van der Waals surface area (Å²) in [5, 5.41) is 0. The van der Waals surface area contributed by atoms with Crippen molar-refractivity contribution in [2.75, 3.05) is 51.8 Å². The zero-order valence-electron chi connectivity index (χ0n) is 15.9. The number of anilines is 1. The van der Waals surface area contributed by atoms with Crippen LogP contribution in [-0.4, -0.2) is 78.1 Å². The Morgan fingerprint density at radius 2 is 2.12 bits per heavy atom. The molecule has 26 heavy (non-hydrogen) atoms. The van der Waals surface area contributed by atoms with Gasteiger partial charge in [0.15, 0.2) is 0 Å². The molecular formula is C19H29N5O2. The molecule has 1 aromatic heterocycles. The standard InChI is InChI=1S/C19H29N5O2/c1-22-11-12-24(18-20-9-6-16(21-18)26-2)14-19(22)7-5-17(25)23(10-8-19)13-15-3-4-15/h6,9,15H,3-5,7-8,10-14H2,1-2H3/t19-/m0/s1. The van der Waals surface area contributed by atoms with E-state index in [4.69, 9.17) is 4.74 Å². The van der Waals surface area contributed by atoms with E-state index in [0.29, 0.717) is 18.2 Å². The first-order valence-electron chi connectivity index (χ1n) is 9.71. The number of rotatable bonds is 4. The van der Waals surface area contributed by atoms with Gasteiger partial charge in [0.1, 0.15) is 0 Å². The molecule has 3 fully saturated rings. The second-order valence-electron chi connectivity index (χ2n) is 8.00. The molecule has 1 aromatic rings. The van der Waals surface area contributed by atoms with Crippen LogP contribution in [0.25, 0.3) is 0 Å². The maximum Gasteiger partial charge on any atom is 0.228 e. The van der Waals surface area contributed by atoms with E-state index in [-0.39, 0.29) is 5.54 Å². The van der Waals surface area contributed by atoms with Crippen LogP contribution in [0.5, 0.6) is 5.88 Å². The van der Waals surface area contributed by atoms with Crippen LogP contribution in [-0.2, 0) is 4.79 Å². The molecule has 0 aromatic carbocycles. The third kappa shape index (κ3) is 3.49. The van der Waals surface area contributed by atoms with Crippen LogP contribution in [0.4, 0.5) is 5.95 Å². The van der Waals surface area contributed by atoms with Gasteiger partial charge in [-0.2, -0.15) is 4.98 Å². The molecule has 2 saturated heterocycles. The number of piperazine rings is 1. The molecule has 1 spiro atoms. The molecule has 2 aliphatic heterocycles. The first kappa shape index (κ1) is 17.5. The van der Waals surface area contributed by atoms with Gasteiger partial charge in [0.25, 0.3) is 0 Å².